The van der Waals surface area contributed by atoms with Gasteiger partial charge in [0.1, 0.15) is 12.4 Å². The number of carbonyl (C=O) groups is 1. The number of carboxylic acids is 1. The van der Waals surface area contributed by atoms with Gasteiger partial charge in [-0.2, -0.15) is 0 Å². The normalized spacial score (nSPS) is 11.3. The summed E-state index contributed by atoms with van der Waals surface area (Å²) in [5.74, 6) is -1.33. The maximum absolute atomic E-state index is 14.6. The summed E-state index contributed by atoms with van der Waals surface area (Å²) in [6.07, 6.45) is 0.367. The molecule has 2 rings (SSSR count). The van der Waals surface area contributed by atoms with E-state index in [0.717, 1.165) is 5.56 Å². The molecule has 10 heteroatoms. The molecule has 6 nitrogen and oxygen atoms in total. The van der Waals surface area contributed by atoms with E-state index >= 15 is 0 Å². The standard InChI is InChI=1S/C18H18Br2FNO5S/c1-2-28(25,26)22-15-5-3-4-12(17(15)21)10-27-18-13(19)8-11(9-14(18)20)6-7-16(23)24/h3-5,8-9,22H,2,6-7,10H2,1H3,(H,23,24). The van der Waals surface area contributed by atoms with Crippen LogP contribution in [0.2, 0.25) is 0 Å². The van der Waals surface area contributed by atoms with Gasteiger partial charge in [-0.05, 0) is 69.0 Å². The number of carboxylic acid groups (broad SMARTS) is 1. The average molecular weight is 539 g/mol. The Bertz CT molecular complexity index is 959. The zero-order valence-electron chi connectivity index (χ0n) is 14.8. The molecule has 0 aromatic heterocycles. The van der Waals surface area contributed by atoms with E-state index in [1.54, 1.807) is 12.1 Å². The Morgan fingerprint density at radius 3 is 2.46 bits per heavy atom. The highest BCUT2D eigenvalue weighted by molar-refractivity contribution is 9.11. The summed E-state index contributed by atoms with van der Waals surface area (Å²) in [7, 11) is -3.60. The molecule has 0 bridgehead atoms. The molecule has 2 aromatic rings. The van der Waals surface area contributed by atoms with E-state index < -0.39 is 21.8 Å². The first-order valence-electron chi connectivity index (χ1n) is 8.23. The van der Waals surface area contributed by atoms with Crippen LogP contribution in [0.15, 0.2) is 39.3 Å². The Labute approximate surface area is 179 Å². The van der Waals surface area contributed by atoms with Gasteiger partial charge in [0.15, 0.2) is 5.82 Å². The molecule has 28 heavy (non-hydrogen) atoms. The molecular weight excluding hydrogens is 521 g/mol. The van der Waals surface area contributed by atoms with Crippen LogP contribution in [0.5, 0.6) is 5.75 Å². The van der Waals surface area contributed by atoms with E-state index in [2.05, 4.69) is 36.6 Å². The lowest BCUT2D eigenvalue weighted by atomic mass is 10.1. The minimum absolute atomic E-state index is 0.00472. The molecule has 0 fully saturated rings. The van der Waals surface area contributed by atoms with Gasteiger partial charge in [-0.1, -0.05) is 12.1 Å². The van der Waals surface area contributed by atoms with E-state index in [1.807, 2.05) is 0 Å². The van der Waals surface area contributed by atoms with Gasteiger partial charge in [0.05, 0.1) is 20.4 Å². The predicted molar refractivity (Wildman–Crippen MR) is 112 cm³/mol. The molecule has 0 aliphatic carbocycles. The molecule has 0 spiro atoms. The van der Waals surface area contributed by atoms with Gasteiger partial charge in [-0.25, -0.2) is 12.8 Å². The van der Waals surface area contributed by atoms with Gasteiger partial charge in [-0.3, -0.25) is 9.52 Å². The van der Waals surface area contributed by atoms with Crippen molar-refractivity contribution >= 4 is 53.5 Å². The van der Waals surface area contributed by atoms with Crippen molar-refractivity contribution in [3.63, 3.8) is 0 Å². The lowest BCUT2D eigenvalue weighted by Crippen LogP contribution is -2.16. The number of hydrogen-bond donors (Lipinski definition) is 2. The van der Waals surface area contributed by atoms with Crippen molar-refractivity contribution in [3.05, 3.63) is 56.2 Å². The molecule has 0 atom stereocenters. The Hall–Kier alpha value is -1.65. The average Bonchev–Trinajstić information content (AvgIpc) is 2.62. The molecule has 0 unspecified atom stereocenters. The van der Waals surface area contributed by atoms with Crippen LogP contribution in [0.25, 0.3) is 0 Å². The van der Waals surface area contributed by atoms with Crippen molar-refractivity contribution in [2.45, 2.75) is 26.4 Å². The molecule has 0 amide bonds. The van der Waals surface area contributed by atoms with Crippen LogP contribution in [0.4, 0.5) is 10.1 Å². The third-order valence-electron chi connectivity index (χ3n) is 3.78. The molecular formula is C18H18Br2FNO5S. The van der Waals surface area contributed by atoms with Crippen LogP contribution in [0, 0.1) is 5.82 Å². The van der Waals surface area contributed by atoms with E-state index in [0.29, 0.717) is 21.1 Å². The minimum atomic E-state index is -3.60. The highest BCUT2D eigenvalue weighted by atomic mass is 79.9. The summed E-state index contributed by atoms with van der Waals surface area (Å²) < 4.78 is 47.0. The maximum Gasteiger partial charge on any atom is 0.303 e. The number of ether oxygens (including phenoxy) is 1. The number of hydrogen-bond acceptors (Lipinski definition) is 4. The van der Waals surface area contributed by atoms with Gasteiger partial charge in [0.25, 0.3) is 0 Å². The molecule has 0 saturated carbocycles. The topological polar surface area (TPSA) is 92.7 Å². The van der Waals surface area contributed by atoms with Crippen molar-refractivity contribution in [1.29, 1.82) is 0 Å². The molecule has 0 aliphatic rings. The smallest absolute Gasteiger partial charge is 0.303 e. The first-order valence-corrected chi connectivity index (χ1v) is 11.5. The number of rotatable bonds is 9. The number of nitrogens with one attached hydrogen (secondary N) is 1. The lowest BCUT2D eigenvalue weighted by molar-refractivity contribution is -0.136. The van der Waals surface area contributed by atoms with E-state index in [-0.39, 0.29) is 30.0 Å². The molecule has 0 aliphatic heterocycles. The Balaban J connectivity index is 2.17. The fourth-order valence-electron chi connectivity index (χ4n) is 2.31. The predicted octanol–water partition coefficient (Wildman–Crippen LogP) is 4.71. The van der Waals surface area contributed by atoms with Crippen LogP contribution < -0.4 is 9.46 Å². The van der Waals surface area contributed by atoms with E-state index in [1.165, 1.54) is 25.1 Å². The van der Waals surface area contributed by atoms with Crippen LogP contribution in [0.1, 0.15) is 24.5 Å². The number of sulfonamides is 1. The third kappa shape index (κ3) is 6.18. The number of benzene rings is 2. The highest BCUT2D eigenvalue weighted by Crippen LogP contribution is 2.36. The Morgan fingerprint density at radius 1 is 1.25 bits per heavy atom. The second kappa shape index (κ2) is 9.71. The van der Waals surface area contributed by atoms with Gasteiger partial charge in [-0.15, -0.1) is 0 Å². The summed E-state index contributed by atoms with van der Waals surface area (Å²) in [5, 5.41) is 8.79. The first-order chi connectivity index (χ1) is 13.1. The Kier molecular flexibility index (Phi) is 7.85. The fourth-order valence-corrected chi connectivity index (χ4v) is 4.45. The van der Waals surface area contributed by atoms with Gasteiger partial charge >= 0.3 is 5.97 Å². The number of halogens is 3. The zero-order chi connectivity index (χ0) is 20.9. The van der Waals surface area contributed by atoms with E-state index in [4.69, 9.17) is 9.84 Å². The maximum atomic E-state index is 14.6. The van der Waals surface area contributed by atoms with Crippen LogP contribution in [-0.4, -0.2) is 25.2 Å². The van der Waals surface area contributed by atoms with Crippen LogP contribution >= 0.6 is 31.9 Å². The minimum Gasteiger partial charge on any atom is -0.486 e. The quantitative estimate of drug-likeness (QED) is 0.482. The number of anilines is 1. The zero-order valence-corrected chi connectivity index (χ0v) is 18.8. The summed E-state index contributed by atoms with van der Waals surface area (Å²) in [5.41, 5.74) is 0.853. The Morgan fingerprint density at radius 2 is 1.89 bits per heavy atom. The summed E-state index contributed by atoms with van der Waals surface area (Å²) in [6, 6.07) is 7.86. The monoisotopic (exact) mass is 537 g/mol. The molecule has 0 heterocycles. The molecule has 2 N–H and O–H groups in total. The molecule has 0 saturated heterocycles. The van der Waals surface area contributed by atoms with Gasteiger partial charge in [0, 0.05) is 12.0 Å². The van der Waals surface area contributed by atoms with Crippen LogP contribution in [-0.2, 0) is 27.8 Å². The summed E-state index contributed by atoms with van der Waals surface area (Å²) in [4.78, 5) is 10.7. The third-order valence-corrected chi connectivity index (χ3v) is 6.25. The van der Waals surface area contributed by atoms with Crippen LogP contribution in [0.3, 0.4) is 0 Å². The SMILES string of the molecule is CCS(=O)(=O)Nc1cccc(COc2c(Br)cc(CCC(=O)O)cc2Br)c1F. The van der Waals surface area contributed by atoms with Crippen molar-refractivity contribution < 1.29 is 27.4 Å². The fraction of sp³-hybridized carbons (Fsp3) is 0.278. The van der Waals surface area contributed by atoms with Crippen molar-refractivity contribution in [1.82, 2.24) is 0 Å². The first kappa shape index (κ1) is 22.6. The molecule has 152 valence electrons. The molecule has 2 aromatic carbocycles. The lowest BCUT2D eigenvalue weighted by Gasteiger charge is -2.14. The second-order valence-electron chi connectivity index (χ2n) is 5.86. The molecule has 0 radical (unpaired) electrons. The van der Waals surface area contributed by atoms with Crippen molar-refractivity contribution in [2.75, 3.05) is 10.5 Å². The van der Waals surface area contributed by atoms with Gasteiger partial charge < -0.3 is 9.84 Å². The summed E-state index contributed by atoms with van der Waals surface area (Å²) >= 11 is 6.75. The van der Waals surface area contributed by atoms with Crippen molar-refractivity contribution in [3.8, 4) is 5.75 Å². The highest BCUT2D eigenvalue weighted by Gasteiger charge is 2.15. The second-order valence-corrected chi connectivity index (χ2v) is 9.57. The van der Waals surface area contributed by atoms with E-state index in [9.17, 15) is 17.6 Å². The van der Waals surface area contributed by atoms with Gasteiger partial charge in [0.2, 0.25) is 10.0 Å². The number of aliphatic carboxylic acids is 1. The van der Waals surface area contributed by atoms with Crippen molar-refractivity contribution in [2.24, 2.45) is 0 Å². The largest absolute Gasteiger partial charge is 0.486 e. The number of aryl methyl sites for hydroxylation is 1. The summed E-state index contributed by atoms with van der Waals surface area (Å²) in [6.45, 7) is 1.33.